The first-order valence-electron chi connectivity index (χ1n) is 8.74. The molecule has 136 valence electrons. The van der Waals surface area contributed by atoms with E-state index in [0.717, 1.165) is 16.6 Å². The fraction of sp³-hybridized carbons (Fsp3) is 0.200. The SMILES string of the molecule is CC(C)n1cnc2ccc(-c3noc(CNC(=O)c4ccccc4)n3)cc21. The molecule has 0 spiro atoms. The first kappa shape index (κ1) is 17.0. The van der Waals surface area contributed by atoms with Gasteiger partial charge in [-0.2, -0.15) is 4.98 Å². The Balaban J connectivity index is 1.51. The Morgan fingerprint density at radius 3 is 2.78 bits per heavy atom. The topological polar surface area (TPSA) is 85.8 Å². The van der Waals surface area contributed by atoms with Gasteiger partial charge in [-0.05, 0) is 44.2 Å². The Hall–Kier alpha value is -3.48. The predicted molar refractivity (Wildman–Crippen MR) is 101 cm³/mol. The first-order chi connectivity index (χ1) is 13.1. The number of nitrogens with one attached hydrogen (secondary N) is 1. The van der Waals surface area contributed by atoms with Crippen molar-refractivity contribution >= 4 is 16.9 Å². The van der Waals surface area contributed by atoms with E-state index in [9.17, 15) is 4.79 Å². The summed E-state index contributed by atoms with van der Waals surface area (Å²) < 4.78 is 7.38. The third-order valence-electron chi connectivity index (χ3n) is 4.29. The maximum Gasteiger partial charge on any atom is 0.251 e. The molecule has 4 aromatic rings. The van der Waals surface area contributed by atoms with Gasteiger partial charge in [-0.15, -0.1) is 0 Å². The minimum Gasteiger partial charge on any atom is -0.343 e. The van der Waals surface area contributed by atoms with Crippen molar-refractivity contribution in [1.29, 1.82) is 0 Å². The van der Waals surface area contributed by atoms with Crippen LogP contribution in [0.15, 0.2) is 59.4 Å². The smallest absolute Gasteiger partial charge is 0.251 e. The van der Waals surface area contributed by atoms with Crippen molar-refractivity contribution in [3.8, 4) is 11.4 Å². The summed E-state index contributed by atoms with van der Waals surface area (Å²) in [5.41, 5.74) is 3.37. The average Bonchev–Trinajstić information content (AvgIpc) is 3.33. The Bertz CT molecular complexity index is 1080. The van der Waals surface area contributed by atoms with Gasteiger partial charge in [-0.1, -0.05) is 23.4 Å². The molecular formula is C20H19N5O2. The van der Waals surface area contributed by atoms with Crippen LogP contribution >= 0.6 is 0 Å². The van der Waals surface area contributed by atoms with Crippen LogP contribution < -0.4 is 5.32 Å². The zero-order valence-corrected chi connectivity index (χ0v) is 15.1. The molecule has 0 saturated carbocycles. The van der Waals surface area contributed by atoms with Gasteiger partial charge in [0.1, 0.15) is 0 Å². The molecule has 7 heteroatoms. The summed E-state index contributed by atoms with van der Waals surface area (Å²) in [6.07, 6.45) is 1.83. The van der Waals surface area contributed by atoms with Crippen LogP contribution in [0.3, 0.4) is 0 Å². The Labute approximate surface area is 156 Å². The second-order valence-electron chi connectivity index (χ2n) is 6.51. The highest BCUT2D eigenvalue weighted by atomic mass is 16.5. The fourth-order valence-electron chi connectivity index (χ4n) is 2.87. The van der Waals surface area contributed by atoms with Crippen LogP contribution in [0, 0.1) is 0 Å². The molecule has 0 aliphatic rings. The van der Waals surface area contributed by atoms with Gasteiger partial charge in [-0.25, -0.2) is 4.98 Å². The van der Waals surface area contributed by atoms with Crippen molar-refractivity contribution in [2.24, 2.45) is 0 Å². The number of nitrogens with zero attached hydrogens (tertiary/aromatic N) is 4. The van der Waals surface area contributed by atoms with Gasteiger partial charge in [0.05, 0.1) is 23.9 Å². The molecule has 0 saturated heterocycles. The molecule has 0 aliphatic heterocycles. The molecule has 7 nitrogen and oxygen atoms in total. The number of rotatable bonds is 5. The second-order valence-corrected chi connectivity index (χ2v) is 6.51. The van der Waals surface area contributed by atoms with Crippen LogP contribution in [-0.4, -0.2) is 25.6 Å². The minimum absolute atomic E-state index is 0.174. The monoisotopic (exact) mass is 361 g/mol. The lowest BCUT2D eigenvalue weighted by Gasteiger charge is -2.07. The molecule has 2 aromatic heterocycles. The third-order valence-corrected chi connectivity index (χ3v) is 4.29. The number of hydrogen-bond acceptors (Lipinski definition) is 5. The average molecular weight is 361 g/mol. The molecule has 0 radical (unpaired) electrons. The predicted octanol–water partition coefficient (Wildman–Crippen LogP) is 3.60. The van der Waals surface area contributed by atoms with Crippen LogP contribution in [0.5, 0.6) is 0 Å². The summed E-state index contributed by atoms with van der Waals surface area (Å²) in [5, 5.41) is 6.82. The van der Waals surface area contributed by atoms with E-state index < -0.39 is 0 Å². The number of fused-ring (bicyclic) bond motifs is 1. The molecule has 0 fully saturated rings. The van der Waals surface area contributed by atoms with E-state index in [-0.39, 0.29) is 12.5 Å². The van der Waals surface area contributed by atoms with E-state index in [1.165, 1.54) is 0 Å². The van der Waals surface area contributed by atoms with Crippen molar-refractivity contribution in [2.45, 2.75) is 26.4 Å². The van der Waals surface area contributed by atoms with E-state index in [4.69, 9.17) is 4.52 Å². The lowest BCUT2D eigenvalue weighted by molar-refractivity contribution is 0.0946. The standard InChI is InChI=1S/C20H19N5O2/c1-13(2)25-12-22-16-9-8-15(10-17(16)25)19-23-18(27-24-19)11-21-20(26)14-6-4-3-5-7-14/h3-10,12-13H,11H2,1-2H3,(H,21,26). The summed E-state index contributed by atoms with van der Waals surface area (Å²) in [4.78, 5) is 20.9. The van der Waals surface area contributed by atoms with Crippen molar-refractivity contribution < 1.29 is 9.32 Å². The second kappa shape index (κ2) is 7.03. The summed E-state index contributed by atoms with van der Waals surface area (Å²) >= 11 is 0. The summed E-state index contributed by atoms with van der Waals surface area (Å²) in [6.45, 7) is 4.39. The number of hydrogen-bond donors (Lipinski definition) is 1. The van der Waals surface area contributed by atoms with Crippen LogP contribution in [0.2, 0.25) is 0 Å². The van der Waals surface area contributed by atoms with Gasteiger partial charge < -0.3 is 14.4 Å². The van der Waals surface area contributed by atoms with E-state index in [2.05, 4.69) is 38.9 Å². The molecule has 4 rings (SSSR count). The number of aromatic nitrogens is 4. The summed E-state index contributed by atoms with van der Waals surface area (Å²) in [6, 6.07) is 15.2. The minimum atomic E-state index is -0.183. The number of benzene rings is 2. The molecule has 0 atom stereocenters. The molecule has 2 heterocycles. The van der Waals surface area contributed by atoms with Gasteiger partial charge in [0.15, 0.2) is 0 Å². The Morgan fingerprint density at radius 2 is 2.00 bits per heavy atom. The normalized spacial score (nSPS) is 11.2. The Morgan fingerprint density at radius 1 is 1.19 bits per heavy atom. The zero-order valence-electron chi connectivity index (χ0n) is 15.1. The highest BCUT2D eigenvalue weighted by molar-refractivity contribution is 5.94. The summed E-state index contributed by atoms with van der Waals surface area (Å²) in [5.74, 6) is 0.654. The summed E-state index contributed by atoms with van der Waals surface area (Å²) in [7, 11) is 0. The van der Waals surface area contributed by atoms with E-state index in [1.807, 2.05) is 42.7 Å². The van der Waals surface area contributed by atoms with Crippen LogP contribution in [-0.2, 0) is 6.54 Å². The van der Waals surface area contributed by atoms with Crippen LogP contribution in [0.25, 0.3) is 22.4 Å². The van der Waals surface area contributed by atoms with Crippen molar-refractivity contribution in [1.82, 2.24) is 25.0 Å². The molecule has 2 aromatic carbocycles. The van der Waals surface area contributed by atoms with Crippen molar-refractivity contribution in [3.05, 3.63) is 66.3 Å². The van der Waals surface area contributed by atoms with Crippen LogP contribution in [0.4, 0.5) is 0 Å². The number of imidazole rings is 1. The Kier molecular flexibility index (Phi) is 4.42. The third kappa shape index (κ3) is 3.44. The van der Waals surface area contributed by atoms with Crippen molar-refractivity contribution in [3.63, 3.8) is 0 Å². The van der Waals surface area contributed by atoms with Crippen molar-refractivity contribution in [2.75, 3.05) is 0 Å². The number of carbonyl (C=O) groups is 1. The van der Waals surface area contributed by atoms with E-state index in [0.29, 0.717) is 23.3 Å². The molecule has 1 amide bonds. The molecular weight excluding hydrogens is 342 g/mol. The van der Waals surface area contributed by atoms with Gasteiger partial charge in [0.25, 0.3) is 5.91 Å². The van der Waals surface area contributed by atoms with E-state index in [1.54, 1.807) is 12.1 Å². The molecule has 27 heavy (non-hydrogen) atoms. The highest BCUT2D eigenvalue weighted by Crippen LogP contribution is 2.24. The van der Waals surface area contributed by atoms with Gasteiger partial charge in [0, 0.05) is 17.2 Å². The first-order valence-corrected chi connectivity index (χ1v) is 8.74. The lowest BCUT2D eigenvalue weighted by atomic mass is 10.2. The molecule has 1 N–H and O–H groups in total. The maximum atomic E-state index is 12.1. The maximum absolute atomic E-state index is 12.1. The molecule has 0 bridgehead atoms. The number of amides is 1. The molecule has 0 unspecified atom stereocenters. The van der Waals surface area contributed by atoms with Gasteiger partial charge in [0.2, 0.25) is 11.7 Å². The zero-order chi connectivity index (χ0) is 18.8. The molecule has 0 aliphatic carbocycles. The van der Waals surface area contributed by atoms with Crippen LogP contribution in [0.1, 0.15) is 36.1 Å². The highest BCUT2D eigenvalue weighted by Gasteiger charge is 2.13. The largest absolute Gasteiger partial charge is 0.343 e. The quantitative estimate of drug-likeness (QED) is 0.587. The van der Waals surface area contributed by atoms with Gasteiger partial charge in [-0.3, -0.25) is 4.79 Å². The fourth-order valence-corrected chi connectivity index (χ4v) is 2.87. The van der Waals surface area contributed by atoms with Gasteiger partial charge >= 0.3 is 0 Å². The number of carbonyl (C=O) groups excluding carboxylic acids is 1. The lowest BCUT2D eigenvalue weighted by Crippen LogP contribution is -2.22. The van der Waals surface area contributed by atoms with E-state index >= 15 is 0 Å².